The molecule has 9 heteroatoms. The first-order valence-corrected chi connectivity index (χ1v) is 10.9. The SMILES string of the molecule is CC(=O)Nc1ccc(SCCCC(=O)N2CCN(c3cccc(Cl)c3)CC2)nn1. The highest BCUT2D eigenvalue weighted by atomic mass is 35.5. The van der Waals surface area contributed by atoms with Crippen molar-refractivity contribution in [1.29, 1.82) is 0 Å². The van der Waals surface area contributed by atoms with Gasteiger partial charge in [0.15, 0.2) is 5.82 Å². The molecule has 3 rings (SSSR count). The van der Waals surface area contributed by atoms with Crippen molar-refractivity contribution in [3.8, 4) is 0 Å². The average Bonchev–Trinajstić information content (AvgIpc) is 2.72. The van der Waals surface area contributed by atoms with Crippen molar-refractivity contribution in [2.75, 3.05) is 42.1 Å². The molecular formula is C20H24ClN5O2S. The van der Waals surface area contributed by atoms with Crippen molar-refractivity contribution >= 4 is 46.7 Å². The van der Waals surface area contributed by atoms with Crippen molar-refractivity contribution in [1.82, 2.24) is 15.1 Å². The van der Waals surface area contributed by atoms with Crippen molar-refractivity contribution in [2.24, 2.45) is 0 Å². The molecular weight excluding hydrogens is 410 g/mol. The lowest BCUT2D eigenvalue weighted by molar-refractivity contribution is -0.131. The summed E-state index contributed by atoms with van der Waals surface area (Å²) in [6.45, 7) is 4.52. The molecule has 0 unspecified atom stereocenters. The average molecular weight is 434 g/mol. The number of carbonyl (C=O) groups excluding carboxylic acids is 2. The Hall–Kier alpha value is -2.32. The van der Waals surface area contributed by atoms with E-state index < -0.39 is 0 Å². The molecule has 1 fully saturated rings. The fraction of sp³-hybridized carbons (Fsp3) is 0.400. The number of piperazine rings is 1. The number of thioether (sulfide) groups is 1. The molecule has 0 radical (unpaired) electrons. The molecule has 1 aliphatic rings. The van der Waals surface area contributed by atoms with Crippen molar-refractivity contribution in [3.05, 3.63) is 41.4 Å². The van der Waals surface area contributed by atoms with Gasteiger partial charge in [0.2, 0.25) is 11.8 Å². The van der Waals surface area contributed by atoms with Crippen LogP contribution in [0, 0.1) is 0 Å². The summed E-state index contributed by atoms with van der Waals surface area (Å²) in [6, 6.07) is 11.4. The molecule has 1 saturated heterocycles. The van der Waals surface area contributed by atoms with E-state index in [1.54, 1.807) is 17.8 Å². The van der Waals surface area contributed by atoms with Gasteiger partial charge in [0.05, 0.1) is 0 Å². The summed E-state index contributed by atoms with van der Waals surface area (Å²) in [7, 11) is 0. The quantitative estimate of drug-likeness (QED) is 0.533. The molecule has 0 aliphatic carbocycles. The molecule has 0 saturated carbocycles. The third kappa shape index (κ3) is 6.61. The molecule has 7 nitrogen and oxygen atoms in total. The number of carbonyl (C=O) groups is 2. The Morgan fingerprint density at radius 1 is 1.14 bits per heavy atom. The third-order valence-corrected chi connectivity index (χ3v) is 5.78. The van der Waals surface area contributed by atoms with Gasteiger partial charge < -0.3 is 15.1 Å². The van der Waals surface area contributed by atoms with Crippen LogP contribution in [0.15, 0.2) is 41.4 Å². The molecule has 154 valence electrons. The fourth-order valence-corrected chi connectivity index (χ4v) is 4.03. The van der Waals surface area contributed by atoms with Crippen LogP contribution >= 0.6 is 23.4 Å². The molecule has 1 aromatic carbocycles. The predicted molar refractivity (Wildman–Crippen MR) is 117 cm³/mol. The molecule has 0 spiro atoms. The molecule has 2 aromatic rings. The minimum Gasteiger partial charge on any atom is -0.368 e. The second-order valence-electron chi connectivity index (χ2n) is 6.74. The minimum absolute atomic E-state index is 0.174. The molecule has 2 heterocycles. The van der Waals surface area contributed by atoms with Gasteiger partial charge in [-0.1, -0.05) is 17.7 Å². The van der Waals surface area contributed by atoms with Gasteiger partial charge in [-0.25, -0.2) is 0 Å². The van der Waals surface area contributed by atoms with E-state index >= 15 is 0 Å². The van der Waals surface area contributed by atoms with Gasteiger partial charge in [-0.2, -0.15) is 0 Å². The lowest BCUT2D eigenvalue weighted by Gasteiger charge is -2.36. The van der Waals surface area contributed by atoms with Gasteiger partial charge in [0.1, 0.15) is 5.03 Å². The molecule has 29 heavy (non-hydrogen) atoms. The highest BCUT2D eigenvalue weighted by molar-refractivity contribution is 7.99. The zero-order valence-corrected chi connectivity index (χ0v) is 17.9. The Morgan fingerprint density at radius 3 is 2.59 bits per heavy atom. The first-order valence-electron chi connectivity index (χ1n) is 9.53. The number of nitrogens with zero attached hydrogens (tertiary/aromatic N) is 4. The normalized spacial score (nSPS) is 14.0. The number of rotatable bonds is 7. The van der Waals surface area contributed by atoms with Crippen molar-refractivity contribution in [2.45, 2.75) is 24.8 Å². The highest BCUT2D eigenvalue weighted by Crippen LogP contribution is 2.21. The number of halogens is 1. The van der Waals surface area contributed by atoms with Crippen LogP contribution in [0.25, 0.3) is 0 Å². The van der Waals surface area contributed by atoms with Crippen LogP contribution in [0.5, 0.6) is 0 Å². The van der Waals surface area contributed by atoms with Crippen LogP contribution in [0.4, 0.5) is 11.5 Å². The number of amides is 2. The summed E-state index contributed by atoms with van der Waals surface area (Å²) in [4.78, 5) is 27.6. The molecule has 2 amide bonds. The van der Waals surface area contributed by atoms with E-state index in [0.717, 1.165) is 54.1 Å². The Kier molecular flexibility index (Phi) is 7.71. The van der Waals surface area contributed by atoms with E-state index in [1.165, 1.54) is 6.92 Å². The maximum Gasteiger partial charge on any atom is 0.222 e. The van der Waals surface area contributed by atoms with E-state index in [1.807, 2.05) is 35.2 Å². The minimum atomic E-state index is -0.174. The summed E-state index contributed by atoms with van der Waals surface area (Å²) in [5.41, 5.74) is 1.10. The van der Waals surface area contributed by atoms with E-state index in [9.17, 15) is 9.59 Å². The van der Waals surface area contributed by atoms with Crippen LogP contribution in [0.3, 0.4) is 0 Å². The molecule has 1 N–H and O–H groups in total. The Morgan fingerprint density at radius 2 is 1.93 bits per heavy atom. The van der Waals surface area contributed by atoms with Gasteiger partial charge >= 0.3 is 0 Å². The molecule has 0 bridgehead atoms. The lowest BCUT2D eigenvalue weighted by Crippen LogP contribution is -2.48. The summed E-state index contributed by atoms with van der Waals surface area (Å²) >= 11 is 7.63. The van der Waals surface area contributed by atoms with Crippen molar-refractivity contribution in [3.63, 3.8) is 0 Å². The van der Waals surface area contributed by atoms with Crippen LogP contribution in [-0.2, 0) is 9.59 Å². The smallest absolute Gasteiger partial charge is 0.222 e. The maximum atomic E-state index is 12.5. The topological polar surface area (TPSA) is 78.4 Å². The summed E-state index contributed by atoms with van der Waals surface area (Å²) in [5.74, 6) is 1.26. The van der Waals surface area contributed by atoms with Crippen LogP contribution < -0.4 is 10.2 Å². The highest BCUT2D eigenvalue weighted by Gasteiger charge is 2.21. The largest absolute Gasteiger partial charge is 0.368 e. The zero-order chi connectivity index (χ0) is 20.6. The summed E-state index contributed by atoms with van der Waals surface area (Å²) in [6.07, 6.45) is 1.31. The Labute approximate surface area is 179 Å². The Bertz CT molecular complexity index is 841. The van der Waals surface area contributed by atoms with Gasteiger partial charge in [0.25, 0.3) is 0 Å². The second-order valence-corrected chi connectivity index (χ2v) is 8.29. The first-order chi connectivity index (χ1) is 14.0. The number of aromatic nitrogens is 2. The van der Waals surface area contributed by atoms with E-state index in [2.05, 4.69) is 20.4 Å². The third-order valence-electron chi connectivity index (χ3n) is 4.53. The second kappa shape index (κ2) is 10.5. The monoisotopic (exact) mass is 433 g/mol. The molecule has 1 aliphatic heterocycles. The number of hydrogen-bond acceptors (Lipinski definition) is 6. The molecule has 1 aromatic heterocycles. The number of benzene rings is 1. The zero-order valence-electron chi connectivity index (χ0n) is 16.3. The standard InChI is InChI=1S/C20H24ClN5O2S/c1-15(27)22-18-7-8-19(24-23-18)29-13-3-6-20(28)26-11-9-25(10-12-26)17-5-2-4-16(21)14-17/h2,4-5,7-8,14H,3,6,9-13H2,1H3,(H,22,23,27). The maximum absolute atomic E-state index is 12.5. The summed E-state index contributed by atoms with van der Waals surface area (Å²) in [5, 5.41) is 12.1. The van der Waals surface area contributed by atoms with Gasteiger partial charge in [-0.3, -0.25) is 9.59 Å². The summed E-state index contributed by atoms with van der Waals surface area (Å²) < 4.78 is 0. The van der Waals surface area contributed by atoms with E-state index in [4.69, 9.17) is 11.6 Å². The molecule has 0 atom stereocenters. The predicted octanol–water partition coefficient (Wildman–Crippen LogP) is 3.31. The van der Waals surface area contributed by atoms with Crippen LogP contribution in [-0.4, -0.2) is 58.8 Å². The number of nitrogens with one attached hydrogen (secondary N) is 1. The lowest BCUT2D eigenvalue weighted by atomic mass is 10.2. The van der Waals surface area contributed by atoms with Gasteiger partial charge in [0, 0.05) is 56.0 Å². The first kappa shape index (κ1) is 21.4. The van der Waals surface area contributed by atoms with E-state index in [-0.39, 0.29) is 11.8 Å². The fourth-order valence-electron chi connectivity index (χ4n) is 3.09. The van der Waals surface area contributed by atoms with Crippen molar-refractivity contribution < 1.29 is 9.59 Å². The van der Waals surface area contributed by atoms with Gasteiger partial charge in [-0.05, 0) is 36.8 Å². The number of anilines is 2. The Balaban J connectivity index is 1.35. The van der Waals surface area contributed by atoms with E-state index in [0.29, 0.717) is 12.2 Å². The van der Waals surface area contributed by atoms with Gasteiger partial charge in [-0.15, -0.1) is 22.0 Å². The van der Waals surface area contributed by atoms with Crippen LogP contribution in [0.1, 0.15) is 19.8 Å². The number of hydrogen-bond donors (Lipinski definition) is 1. The van der Waals surface area contributed by atoms with Crippen LogP contribution in [0.2, 0.25) is 5.02 Å².